The van der Waals surface area contributed by atoms with Gasteiger partial charge in [-0.25, -0.2) is 0 Å². The molecular formula is C7H5ClFNO. The van der Waals surface area contributed by atoms with Gasteiger partial charge in [0.05, 0.1) is 5.56 Å². The van der Waals surface area contributed by atoms with Crippen LogP contribution in [0.4, 0.5) is 10.1 Å². The number of carbonyl (C=O) groups is 1. The quantitative estimate of drug-likeness (QED) is 0.522. The number of anilines is 1. The number of benzene rings is 1. The molecule has 0 bridgehead atoms. The SMILES string of the molecule is Nc1ccc(Cl)cc1C(=O)F. The molecule has 11 heavy (non-hydrogen) atoms. The van der Waals surface area contributed by atoms with Crippen LogP contribution in [-0.4, -0.2) is 6.04 Å². The van der Waals surface area contributed by atoms with Crippen LogP contribution in [-0.2, 0) is 0 Å². The highest BCUT2D eigenvalue weighted by Gasteiger charge is 2.07. The number of nitrogens with two attached hydrogens (primary N) is 1. The highest BCUT2D eigenvalue weighted by atomic mass is 35.5. The zero-order valence-corrected chi connectivity index (χ0v) is 6.23. The number of nitrogen functional groups attached to an aromatic ring is 1. The lowest BCUT2D eigenvalue weighted by Crippen LogP contribution is -1.97. The van der Waals surface area contributed by atoms with Crippen molar-refractivity contribution in [2.45, 2.75) is 0 Å². The van der Waals surface area contributed by atoms with Crippen LogP contribution >= 0.6 is 11.6 Å². The zero-order chi connectivity index (χ0) is 8.43. The van der Waals surface area contributed by atoms with Gasteiger partial charge < -0.3 is 5.73 Å². The number of hydrogen-bond donors (Lipinski definition) is 1. The molecule has 58 valence electrons. The van der Waals surface area contributed by atoms with Crippen molar-refractivity contribution in [2.75, 3.05) is 5.73 Å². The molecule has 1 aromatic rings. The predicted octanol–water partition coefficient (Wildman–Crippen LogP) is 2.03. The summed E-state index contributed by atoms with van der Waals surface area (Å²) >= 11 is 5.49. The van der Waals surface area contributed by atoms with Gasteiger partial charge in [0.1, 0.15) is 0 Å². The molecule has 0 aromatic heterocycles. The standard InChI is InChI=1S/C7H5ClFNO/c8-4-1-2-6(10)5(3-4)7(9)11/h1-3H,10H2. The van der Waals surface area contributed by atoms with Crippen LogP contribution in [0.3, 0.4) is 0 Å². The highest BCUT2D eigenvalue weighted by molar-refractivity contribution is 6.31. The molecule has 0 atom stereocenters. The minimum absolute atomic E-state index is 0.0990. The van der Waals surface area contributed by atoms with Gasteiger partial charge in [-0.1, -0.05) is 11.6 Å². The third kappa shape index (κ3) is 1.68. The fraction of sp³-hybridized carbons (Fsp3) is 0. The van der Waals surface area contributed by atoms with Crippen LogP contribution in [0.25, 0.3) is 0 Å². The summed E-state index contributed by atoms with van der Waals surface area (Å²) in [5, 5.41) is 0.292. The summed E-state index contributed by atoms with van der Waals surface area (Å²) in [6, 6.07) is 2.50. The first-order valence-corrected chi connectivity index (χ1v) is 3.24. The molecule has 0 unspecified atom stereocenters. The second kappa shape index (κ2) is 2.88. The Kier molecular flexibility index (Phi) is 2.10. The molecule has 1 aromatic carbocycles. The van der Waals surface area contributed by atoms with Crippen molar-refractivity contribution >= 4 is 23.3 Å². The van der Waals surface area contributed by atoms with Crippen LogP contribution < -0.4 is 5.73 Å². The molecule has 4 heteroatoms. The van der Waals surface area contributed by atoms with Crippen LogP contribution in [0.1, 0.15) is 10.4 Å². The van der Waals surface area contributed by atoms with Gasteiger partial charge in [-0.05, 0) is 18.2 Å². The van der Waals surface area contributed by atoms with E-state index < -0.39 is 6.04 Å². The van der Waals surface area contributed by atoms with Gasteiger partial charge in [0.15, 0.2) is 0 Å². The molecule has 0 aliphatic rings. The topological polar surface area (TPSA) is 43.1 Å². The van der Waals surface area contributed by atoms with Gasteiger partial charge in [0, 0.05) is 10.7 Å². The minimum atomic E-state index is -1.56. The fourth-order valence-electron chi connectivity index (χ4n) is 0.699. The summed E-state index contributed by atoms with van der Waals surface area (Å²) in [4.78, 5) is 10.2. The molecule has 0 aliphatic heterocycles. The van der Waals surface area contributed by atoms with Crippen molar-refractivity contribution < 1.29 is 9.18 Å². The lowest BCUT2D eigenvalue weighted by molar-refractivity contribution is 0.0837. The smallest absolute Gasteiger partial charge is 0.334 e. The predicted molar refractivity (Wildman–Crippen MR) is 41.3 cm³/mol. The molecule has 0 radical (unpaired) electrons. The van der Waals surface area contributed by atoms with E-state index in [2.05, 4.69) is 0 Å². The van der Waals surface area contributed by atoms with E-state index in [1.54, 1.807) is 0 Å². The Morgan fingerprint density at radius 3 is 2.64 bits per heavy atom. The van der Waals surface area contributed by atoms with Gasteiger partial charge in [-0.3, -0.25) is 4.79 Å². The number of carbonyl (C=O) groups excluding carboxylic acids is 1. The van der Waals surface area contributed by atoms with Crippen LogP contribution in [0.15, 0.2) is 18.2 Å². The first kappa shape index (κ1) is 8.01. The maximum Gasteiger partial charge on any atom is 0.334 e. The summed E-state index contributed by atoms with van der Waals surface area (Å²) in [6.45, 7) is 0. The van der Waals surface area contributed by atoms with Gasteiger partial charge in [-0.15, -0.1) is 0 Å². The Hall–Kier alpha value is -1.09. The normalized spacial score (nSPS) is 9.64. The number of hydrogen-bond acceptors (Lipinski definition) is 2. The first-order chi connectivity index (χ1) is 5.11. The Morgan fingerprint density at radius 2 is 2.18 bits per heavy atom. The summed E-state index contributed by atoms with van der Waals surface area (Å²) < 4.78 is 12.1. The van der Waals surface area contributed by atoms with E-state index in [0.29, 0.717) is 5.02 Å². The second-order valence-corrected chi connectivity index (χ2v) is 2.44. The maximum atomic E-state index is 12.1. The average molecular weight is 174 g/mol. The molecule has 0 fully saturated rings. The third-order valence-corrected chi connectivity index (χ3v) is 1.46. The number of rotatable bonds is 1. The fourth-order valence-corrected chi connectivity index (χ4v) is 0.871. The Bertz CT molecular complexity index is 300. The molecule has 0 amide bonds. The molecule has 1 rings (SSSR count). The minimum Gasteiger partial charge on any atom is -0.398 e. The molecular weight excluding hydrogens is 169 g/mol. The highest BCUT2D eigenvalue weighted by Crippen LogP contribution is 2.18. The molecule has 0 spiro atoms. The van der Waals surface area contributed by atoms with Gasteiger partial charge in [0.2, 0.25) is 0 Å². The van der Waals surface area contributed by atoms with Crippen molar-refractivity contribution in [1.29, 1.82) is 0 Å². The molecule has 2 N–H and O–H groups in total. The Morgan fingerprint density at radius 1 is 1.55 bits per heavy atom. The third-order valence-electron chi connectivity index (χ3n) is 1.23. The second-order valence-electron chi connectivity index (χ2n) is 2.01. The molecule has 0 saturated carbocycles. The van der Waals surface area contributed by atoms with E-state index in [4.69, 9.17) is 17.3 Å². The summed E-state index contributed by atoms with van der Waals surface area (Å²) in [5.74, 6) is 0. The van der Waals surface area contributed by atoms with E-state index in [1.165, 1.54) is 18.2 Å². The molecule has 0 heterocycles. The van der Waals surface area contributed by atoms with Crippen molar-refractivity contribution in [3.8, 4) is 0 Å². The van der Waals surface area contributed by atoms with Crippen molar-refractivity contribution in [2.24, 2.45) is 0 Å². The summed E-state index contributed by atoms with van der Waals surface area (Å²) in [7, 11) is 0. The van der Waals surface area contributed by atoms with E-state index in [0.717, 1.165) is 0 Å². The van der Waals surface area contributed by atoms with Gasteiger partial charge in [-0.2, -0.15) is 4.39 Å². The monoisotopic (exact) mass is 173 g/mol. The van der Waals surface area contributed by atoms with Crippen molar-refractivity contribution in [1.82, 2.24) is 0 Å². The van der Waals surface area contributed by atoms with E-state index in [1.807, 2.05) is 0 Å². The summed E-state index contributed by atoms with van der Waals surface area (Å²) in [5.41, 5.74) is 5.19. The molecule has 2 nitrogen and oxygen atoms in total. The van der Waals surface area contributed by atoms with Gasteiger partial charge >= 0.3 is 6.04 Å². The Balaban J connectivity index is 3.23. The largest absolute Gasteiger partial charge is 0.398 e. The lowest BCUT2D eigenvalue weighted by Gasteiger charge is -1.98. The molecule has 0 saturated heterocycles. The van der Waals surface area contributed by atoms with Crippen molar-refractivity contribution in [3.05, 3.63) is 28.8 Å². The van der Waals surface area contributed by atoms with E-state index in [-0.39, 0.29) is 11.3 Å². The molecule has 0 aliphatic carbocycles. The van der Waals surface area contributed by atoms with Crippen LogP contribution in [0.2, 0.25) is 5.02 Å². The Labute approximate surface area is 67.8 Å². The summed E-state index contributed by atoms with van der Waals surface area (Å²) in [6.07, 6.45) is 0. The van der Waals surface area contributed by atoms with Crippen molar-refractivity contribution in [3.63, 3.8) is 0 Å². The van der Waals surface area contributed by atoms with E-state index >= 15 is 0 Å². The average Bonchev–Trinajstić information content (AvgIpc) is 1.94. The van der Waals surface area contributed by atoms with Gasteiger partial charge in [0.25, 0.3) is 0 Å². The zero-order valence-electron chi connectivity index (χ0n) is 5.47. The number of halogens is 2. The first-order valence-electron chi connectivity index (χ1n) is 2.86. The van der Waals surface area contributed by atoms with Crippen LogP contribution in [0.5, 0.6) is 0 Å². The van der Waals surface area contributed by atoms with Crippen LogP contribution in [0, 0.1) is 0 Å². The lowest BCUT2D eigenvalue weighted by atomic mass is 10.2. The maximum absolute atomic E-state index is 12.1. The van der Waals surface area contributed by atoms with E-state index in [9.17, 15) is 9.18 Å².